The van der Waals surface area contributed by atoms with Crippen molar-refractivity contribution in [1.29, 1.82) is 0 Å². The SMILES string of the molecule is COC(=O)C1=C(CSc2ccccc2)N=C(CC(=O)N2CCN(C)CC2)C(C(=O)OC)C1c1c(Cl)cccc1Cl. The number of amides is 1. The maximum atomic E-state index is 13.5. The van der Waals surface area contributed by atoms with Crippen molar-refractivity contribution >= 4 is 58.5 Å². The highest BCUT2D eigenvalue weighted by molar-refractivity contribution is 7.99. The Hall–Kier alpha value is -2.85. The van der Waals surface area contributed by atoms with Crippen molar-refractivity contribution in [2.45, 2.75) is 17.2 Å². The van der Waals surface area contributed by atoms with Crippen LogP contribution in [0.5, 0.6) is 0 Å². The normalized spacial score (nSPS) is 19.7. The number of rotatable bonds is 8. The molecule has 8 nitrogen and oxygen atoms in total. The molecule has 0 bridgehead atoms. The van der Waals surface area contributed by atoms with Crippen molar-refractivity contribution in [3.8, 4) is 0 Å². The summed E-state index contributed by atoms with van der Waals surface area (Å²) >= 11 is 14.8. The summed E-state index contributed by atoms with van der Waals surface area (Å²) in [5, 5.41) is 0.545. The first-order chi connectivity index (χ1) is 19.2. The number of carbonyl (C=O) groups is 3. The minimum atomic E-state index is -1.11. The lowest BCUT2D eigenvalue weighted by molar-refractivity contribution is -0.143. The van der Waals surface area contributed by atoms with Crippen LogP contribution in [0.25, 0.3) is 0 Å². The number of carbonyl (C=O) groups excluding carboxylic acids is 3. The third kappa shape index (κ3) is 6.71. The van der Waals surface area contributed by atoms with Gasteiger partial charge in [-0.2, -0.15) is 0 Å². The Kier molecular flexibility index (Phi) is 10.3. The van der Waals surface area contributed by atoms with Crippen LogP contribution < -0.4 is 0 Å². The summed E-state index contributed by atoms with van der Waals surface area (Å²) in [7, 11) is 4.54. The second-order valence-corrected chi connectivity index (χ2v) is 11.4. The number of thioether (sulfide) groups is 1. The molecule has 212 valence electrons. The van der Waals surface area contributed by atoms with E-state index in [0.717, 1.165) is 18.0 Å². The Morgan fingerprint density at radius 1 is 0.950 bits per heavy atom. The molecule has 0 aromatic heterocycles. The average molecular weight is 605 g/mol. The zero-order valence-corrected chi connectivity index (χ0v) is 24.9. The lowest BCUT2D eigenvalue weighted by Gasteiger charge is -2.35. The van der Waals surface area contributed by atoms with E-state index in [-0.39, 0.29) is 33.7 Å². The Bertz CT molecular complexity index is 1310. The molecule has 2 atom stereocenters. The van der Waals surface area contributed by atoms with Gasteiger partial charge in [-0.15, -0.1) is 11.8 Å². The van der Waals surface area contributed by atoms with Crippen LogP contribution in [0, 0.1) is 5.92 Å². The lowest BCUT2D eigenvalue weighted by atomic mass is 9.74. The Balaban J connectivity index is 1.86. The summed E-state index contributed by atoms with van der Waals surface area (Å²) in [6.45, 7) is 2.65. The number of methoxy groups -OCH3 is 2. The molecule has 1 saturated heterocycles. The van der Waals surface area contributed by atoms with Crippen LogP contribution in [0.15, 0.2) is 69.7 Å². The first kappa shape index (κ1) is 30.1. The topological polar surface area (TPSA) is 88.5 Å². The van der Waals surface area contributed by atoms with Gasteiger partial charge >= 0.3 is 11.9 Å². The summed E-state index contributed by atoms with van der Waals surface area (Å²) in [6, 6.07) is 14.6. The van der Waals surface area contributed by atoms with Crippen molar-refractivity contribution in [2.24, 2.45) is 10.9 Å². The quantitative estimate of drug-likeness (QED) is 0.319. The van der Waals surface area contributed by atoms with Gasteiger partial charge in [-0.1, -0.05) is 47.5 Å². The van der Waals surface area contributed by atoms with Crippen molar-refractivity contribution in [1.82, 2.24) is 9.80 Å². The number of hydrogen-bond acceptors (Lipinski definition) is 8. The molecular weight excluding hydrogens is 573 g/mol. The maximum absolute atomic E-state index is 13.5. The molecule has 0 aliphatic carbocycles. The van der Waals surface area contributed by atoms with E-state index in [4.69, 9.17) is 37.7 Å². The average Bonchev–Trinajstić information content (AvgIpc) is 2.96. The minimum absolute atomic E-state index is 0.115. The highest BCUT2D eigenvalue weighted by Crippen LogP contribution is 2.46. The second kappa shape index (κ2) is 13.7. The van der Waals surface area contributed by atoms with Gasteiger partial charge in [0.15, 0.2) is 0 Å². The summed E-state index contributed by atoms with van der Waals surface area (Å²) < 4.78 is 10.4. The van der Waals surface area contributed by atoms with Gasteiger partial charge in [0.2, 0.25) is 5.91 Å². The number of piperazine rings is 1. The molecule has 2 aromatic carbocycles. The monoisotopic (exact) mass is 603 g/mol. The number of benzene rings is 2. The molecule has 1 fully saturated rings. The highest BCUT2D eigenvalue weighted by Gasteiger charge is 2.46. The Labute approximate surface area is 248 Å². The number of halogens is 2. The zero-order valence-electron chi connectivity index (χ0n) is 22.6. The van der Waals surface area contributed by atoms with E-state index in [9.17, 15) is 14.4 Å². The van der Waals surface area contributed by atoms with Crippen LogP contribution in [0.1, 0.15) is 17.9 Å². The molecule has 2 unspecified atom stereocenters. The van der Waals surface area contributed by atoms with E-state index in [1.165, 1.54) is 26.0 Å². The first-order valence-corrected chi connectivity index (χ1v) is 14.5. The van der Waals surface area contributed by atoms with Crippen LogP contribution in [0.2, 0.25) is 10.0 Å². The van der Waals surface area contributed by atoms with Crippen LogP contribution in [-0.4, -0.2) is 86.6 Å². The van der Waals surface area contributed by atoms with Gasteiger partial charge in [0, 0.05) is 58.5 Å². The molecule has 0 N–H and O–H groups in total. The molecule has 4 rings (SSSR count). The number of nitrogens with zero attached hydrogens (tertiary/aromatic N) is 3. The van der Waals surface area contributed by atoms with Crippen LogP contribution in [0.4, 0.5) is 0 Å². The molecule has 40 heavy (non-hydrogen) atoms. The largest absolute Gasteiger partial charge is 0.468 e. The predicted molar refractivity (Wildman–Crippen MR) is 157 cm³/mol. The Morgan fingerprint density at radius 3 is 2.20 bits per heavy atom. The highest BCUT2D eigenvalue weighted by atomic mass is 35.5. The minimum Gasteiger partial charge on any atom is -0.468 e. The molecule has 2 aromatic rings. The van der Waals surface area contributed by atoms with Crippen molar-refractivity contribution < 1.29 is 23.9 Å². The van der Waals surface area contributed by atoms with Gasteiger partial charge in [0.25, 0.3) is 0 Å². The van der Waals surface area contributed by atoms with Gasteiger partial charge in [0.05, 0.1) is 31.9 Å². The van der Waals surface area contributed by atoms with Gasteiger partial charge in [0.1, 0.15) is 5.92 Å². The zero-order chi connectivity index (χ0) is 28.8. The fourth-order valence-electron chi connectivity index (χ4n) is 4.96. The summed E-state index contributed by atoms with van der Waals surface area (Å²) in [4.78, 5) is 50.0. The van der Waals surface area contributed by atoms with Gasteiger partial charge < -0.3 is 19.3 Å². The summed E-state index contributed by atoms with van der Waals surface area (Å²) in [5.41, 5.74) is 1.23. The third-order valence-corrected chi connectivity index (χ3v) is 8.75. The van der Waals surface area contributed by atoms with E-state index >= 15 is 0 Å². The molecule has 0 saturated carbocycles. The van der Waals surface area contributed by atoms with E-state index in [2.05, 4.69) is 4.90 Å². The molecule has 1 amide bonds. The second-order valence-electron chi connectivity index (χ2n) is 9.53. The number of hydrogen-bond donors (Lipinski definition) is 0. The van der Waals surface area contributed by atoms with Crippen molar-refractivity contribution in [3.63, 3.8) is 0 Å². The molecule has 2 heterocycles. The fraction of sp³-hybridized carbons (Fsp3) is 0.379. The molecule has 2 aliphatic heterocycles. The lowest BCUT2D eigenvalue weighted by Crippen LogP contribution is -2.48. The number of esters is 2. The van der Waals surface area contributed by atoms with E-state index in [1.807, 2.05) is 37.4 Å². The smallest absolute Gasteiger partial charge is 0.336 e. The standard InChI is InChI=1S/C29H31Cl2N3O5S/c1-33-12-14-34(15-13-33)23(35)16-21-25(28(36)38-2)27(24-19(30)10-7-11-20(24)31)26(29(37)39-3)22(32-21)17-40-18-8-5-4-6-9-18/h4-11,25,27H,12-17H2,1-3H3. The van der Waals surface area contributed by atoms with Gasteiger partial charge in [-0.05, 0) is 36.9 Å². The third-order valence-electron chi connectivity index (χ3n) is 7.07. The van der Waals surface area contributed by atoms with Crippen LogP contribution in [-0.2, 0) is 23.9 Å². The predicted octanol–water partition coefficient (Wildman–Crippen LogP) is 4.70. The van der Waals surface area contributed by atoms with Crippen molar-refractivity contribution in [3.05, 3.63) is 75.4 Å². The van der Waals surface area contributed by atoms with E-state index < -0.39 is 23.8 Å². The van der Waals surface area contributed by atoms with Crippen molar-refractivity contribution in [2.75, 3.05) is 53.2 Å². The number of likely N-dealkylation sites (N-methyl/N-ethyl adjacent to an activating group) is 1. The molecule has 2 aliphatic rings. The Morgan fingerprint density at radius 2 is 1.60 bits per heavy atom. The fourth-order valence-corrected chi connectivity index (χ4v) is 6.47. The van der Waals surface area contributed by atoms with Crippen LogP contribution in [0.3, 0.4) is 0 Å². The van der Waals surface area contributed by atoms with E-state index in [0.29, 0.717) is 30.1 Å². The van der Waals surface area contributed by atoms with Gasteiger partial charge in [-0.3, -0.25) is 14.6 Å². The molecular formula is C29H31Cl2N3O5S. The number of ether oxygens (including phenoxy) is 2. The molecule has 0 radical (unpaired) electrons. The summed E-state index contributed by atoms with van der Waals surface area (Å²) in [5.74, 6) is -3.26. The van der Waals surface area contributed by atoms with Crippen LogP contribution >= 0.6 is 35.0 Å². The number of aliphatic imine (C=N–C) groups is 1. The molecule has 11 heteroatoms. The van der Waals surface area contributed by atoms with Gasteiger partial charge in [-0.25, -0.2) is 4.79 Å². The maximum Gasteiger partial charge on any atom is 0.336 e. The molecule has 0 spiro atoms. The summed E-state index contributed by atoms with van der Waals surface area (Å²) in [6.07, 6.45) is -0.115. The first-order valence-electron chi connectivity index (χ1n) is 12.8. The van der Waals surface area contributed by atoms with E-state index in [1.54, 1.807) is 23.1 Å².